The van der Waals surface area contributed by atoms with Crippen molar-refractivity contribution in [1.29, 1.82) is 0 Å². The molecule has 61 heavy (non-hydrogen) atoms. The molecule has 2 N–H and O–H groups in total. The summed E-state index contributed by atoms with van der Waals surface area (Å²) in [5, 5.41) is 3.65. The van der Waals surface area contributed by atoms with Crippen LogP contribution in [0.2, 0.25) is 0 Å². The number of aromatic nitrogens is 5. The summed E-state index contributed by atoms with van der Waals surface area (Å²) in [6.07, 6.45) is 8.19. The Labute approximate surface area is 371 Å². The van der Waals surface area contributed by atoms with Crippen LogP contribution >= 0.6 is 11.3 Å². The van der Waals surface area contributed by atoms with Gasteiger partial charge >= 0.3 is 25.4 Å². The average Bonchev–Trinajstić information content (AvgIpc) is 4.09. The third-order valence-corrected chi connectivity index (χ3v) is 12.6. The number of nitrogens with zero attached hydrogens (tertiary/aromatic N) is 3. The summed E-state index contributed by atoms with van der Waals surface area (Å²) in [6, 6.07) is 38.5. The molecular formula is C52H45N5O2SZn+2. The van der Waals surface area contributed by atoms with E-state index in [0.717, 1.165) is 71.4 Å². The fraction of sp³-hybridized carbons (Fsp3) is 0.173. The number of fused-ring (bicyclic) bond motifs is 11. The van der Waals surface area contributed by atoms with Gasteiger partial charge in [-0.15, -0.1) is 11.3 Å². The van der Waals surface area contributed by atoms with Crippen LogP contribution in [0.25, 0.3) is 94.7 Å². The summed E-state index contributed by atoms with van der Waals surface area (Å²) in [7, 11) is 1.40. The van der Waals surface area contributed by atoms with Crippen LogP contribution in [0.4, 0.5) is 0 Å². The summed E-state index contributed by atoms with van der Waals surface area (Å²) < 4.78 is 7.47. The molecule has 0 amide bonds. The maximum absolute atomic E-state index is 12.5. The van der Waals surface area contributed by atoms with E-state index in [-0.39, 0.29) is 36.3 Å². The fourth-order valence-corrected chi connectivity index (χ4v) is 9.33. The quantitative estimate of drug-likeness (QED) is 0.136. The fourth-order valence-electron chi connectivity index (χ4n) is 8.27. The first-order valence-electron chi connectivity index (χ1n) is 20.3. The van der Waals surface area contributed by atoms with Crippen LogP contribution in [0.5, 0.6) is 0 Å². The Morgan fingerprint density at radius 2 is 1.20 bits per heavy atom. The summed E-state index contributed by atoms with van der Waals surface area (Å²) in [4.78, 5) is 31.1. The molecule has 8 bridgehead atoms. The van der Waals surface area contributed by atoms with Gasteiger partial charge in [-0.3, -0.25) is 0 Å². The van der Waals surface area contributed by atoms with Crippen molar-refractivity contribution in [2.75, 3.05) is 7.11 Å². The van der Waals surface area contributed by atoms with Crippen molar-refractivity contribution >= 4 is 85.5 Å². The standard InChI is InChI=1S/C52H45N5O2S.Zn/c1-51(2,3)32-12-20-44-40(24-32)41-25-33(52(4,5)6)13-21-45(41)57(44)47-23-22-46(60-47)42-29-39-28-37-17-16-35(54-37)26-34-14-15-36(53-34)27-38-18-19-43(55-38)48(49(42)56-39)30-8-10-31(11-9-30)50(58)59-7;/h8-29,53,56H,1-7H3;/q;+2. The van der Waals surface area contributed by atoms with Crippen LogP contribution in [0.3, 0.4) is 0 Å². The third-order valence-electron chi connectivity index (χ3n) is 11.5. The van der Waals surface area contributed by atoms with Gasteiger partial charge in [0.1, 0.15) is 5.00 Å². The largest absolute Gasteiger partial charge is 2.00 e. The molecule has 8 aromatic rings. The maximum Gasteiger partial charge on any atom is 2.00 e. The van der Waals surface area contributed by atoms with Crippen molar-refractivity contribution in [1.82, 2.24) is 24.5 Å². The maximum atomic E-state index is 12.5. The minimum Gasteiger partial charge on any atom is -0.465 e. The van der Waals surface area contributed by atoms with E-state index in [1.165, 1.54) is 40.0 Å². The number of benzene rings is 3. The first-order chi connectivity index (χ1) is 28.8. The molecule has 296 valence electrons. The second-order valence-corrected chi connectivity index (χ2v) is 18.8. The Hall–Kier alpha value is -6.15. The van der Waals surface area contributed by atoms with Gasteiger partial charge in [-0.05, 0) is 137 Å². The predicted molar refractivity (Wildman–Crippen MR) is 251 cm³/mol. The molecule has 0 spiro atoms. The molecule has 0 aliphatic carbocycles. The van der Waals surface area contributed by atoms with Crippen molar-refractivity contribution in [3.05, 3.63) is 149 Å². The molecule has 5 aromatic heterocycles. The van der Waals surface area contributed by atoms with Gasteiger partial charge in [0.25, 0.3) is 0 Å². The summed E-state index contributed by atoms with van der Waals surface area (Å²) in [5.41, 5.74) is 15.5. The van der Waals surface area contributed by atoms with Crippen molar-refractivity contribution in [3.63, 3.8) is 0 Å². The van der Waals surface area contributed by atoms with Gasteiger partial charge in [-0.25, -0.2) is 14.8 Å². The Balaban J connectivity index is 0.00000476. The Bertz CT molecular complexity index is 3220. The molecule has 0 saturated heterocycles. The normalized spacial score (nSPS) is 12.6. The molecule has 0 saturated carbocycles. The van der Waals surface area contributed by atoms with Crippen LogP contribution in [0, 0.1) is 0 Å². The van der Waals surface area contributed by atoms with E-state index in [4.69, 9.17) is 14.7 Å². The zero-order valence-electron chi connectivity index (χ0n) is 35.5. The van der Waals surface area contributed by atoms with E-state index in [1.54, 1.807) is 11.3 Å². The average molecular weight is 869 g/mol. The zero-order valence-corrected chi connectivity index (χ0v) is 39.3. The smallest absolute Gasteiger partial charge is 0.465 e. The van der Waals surface area contributed by atoms with Crippen LogP contribution in [-0.4, -0.2) is 37.6 Å². The van der Waals surface area contributed by atoms with Gasteiger partial charge in [-0.1, -0.05) is 65.8 Å². The zero-order chi connectivity index (χ0) is 41.5. The van der Waals surface area contributed by atoms with Crippen LogP contribution in [0.1, 0.15) is 85.8 Å². The number of methoxy groups -OCH3 is 1. The van der Waals surface area contributed by atoms with E-state index < -0.39 is 0 Å². The Morgan fingerprint density at radius 3 is 1.79 bits per heavy atom. The van der Waals surface area contributed by atoms with Crippen molar-refractivity contribution in [3.8, 4) is 26.6 Å². The number of aromatic amines is 2. The molecule has 3 aromatic carbocycles. The van der Waals surface area contributed by atoms with E-state index >= 15 is 0 Å². The Morgan fingerprint density at radius 1 is 0.623 bits per heavy atom. The molecular weight excluding hydrogens is 824 g/mol. The number of esters is 1. The number of H-pyrrole nitrogens is 2. The number of carbonyl (C=O) groups excluding carboxylic acids is 1. The second kappa shape index (κ2) is 15.1. The molecule has 0 atom stereocenters. The van der Waals surface area contributed by atoms with Gasteiger partial charge < -0.3 is 19.3 Å². The molecule has 0 radical (unpaired) electrons. The van der Waals surface area contributed by atoms with Gasteiger partial charge in [0.15, 0.2) is 0 Å². The van der Waals surface area contributed by atoms with Crippen molar-refractivity contribution in [2.24, 2.45) is 0 Å². The van der Waals surface area contributed by atoms with Gasteiger partial charge in [-0.2, -0.15) is 0 Å². The van der Waals surface area contributed by atoms with E-state index in [1.807, 2.05) is 42.5 Å². The molecule has 7 nitrogen and oxygen atoms in total. The number of nitrogens with one attached hydrogen (secondary N) is 2. The van der Waals surface area contributed by atoms with Crippen LogP contribution < -0.4 is 0 Å². The number of carbonyl (C=O) groups is 1. The molecule has 9 heteroatoms. The number of hydrogen-bond donors (Lipinski definition) is 2. The minimum absolute atomic E-state index is 0. The number of hydrogen-bond acceptors (Lipinski definition) is 5. The topological polar surface area (TPSA) is 88.6 Å². The SMILES string of the molecule is COC(=O)c1ccc(-c2c3nc(cc4ccc(cc5nc(cc6cc(-c7ccc(-n8c9ccc(C(C)(C)C)cc9c9cc(C(C)(C)C)ccc98)s7)c2[nH]6)C=C5)[nH]4)C=C3)cc1.[Zn+2]. The molecule has 0 unspecified atom stereocenters. The van der Waals surface area contributed by atoms with Crippen LogP contribution in [0.15, 0.2) is 109 Å². The number of thiophene rings is 1. The van der Waals surface area contributed by atoms with Gasteiger partial charge in [0, 0.05) is 43.3 Å². The molecule has 2 aliphatic rings. The van der Waals surface area contributed by atoms with E-state index in [0.29, 0.717) is 5.56 Å². The monoisotopic (exact) mass is 867 g/mol. The van der Waals surface area contributed by atoms with E-state index in [9.17, 15) is 4.79 Å². The molecule has 2 aliphatic heterocycles. The molecule has 10 rings (SSSR count). The third kappa shape index (κ3) is 7.40. The van der Waals surface area contributed by atoms with Crippen LogP contribution in [-0.2, 0) is 35.0 Å². The minimum atomic E-state index is -0.380. The van der Waals surface area contributed by atoms with Crippen molar-refractivity contribution in [2.45, 2.75) is 52.4 Å². The molecule has 7 heterocycles. The summed E-state index contributed by atoms with van der Waals surface area (Å²) in [5.74, 6) is -0.380. The Kier molecular flexibility index (Phi) is 9.96. The summed E-state index contributed by atoms with van der Waals surface area (Å²) in [6.45, 7) is 13.7. The first kappa shape index (κ1) is 40.3. The summed E-state index contributed by atoms with van der Waals surface area (Å²) >= 11 is 1.77. The molecule has 0 fully saturated rings. The van der Waals surface area contributed by atoms with Crippen molar-refractivity contribution < 1.29 is 29.0 Å². The van der Waals surface area contributed by atoms with Gasteiger partial charge in [0.05, 0.1) is 52.0 Å². The number of ether oxygens (including phenoxy) is 1. The van der Waals surface area contributed by atoms with Gasteiger partial charge in [0.2, 0.25) is 0 Å². The first-order valence-corrected chi connectivity index (χ1v) is 21.1. The predicted octanol–water partition coefficient (Wildman–Crippen LogP) is 13.5. The van der Waals surface area contributed by atoms with E-state index in [2.05, 4.69) is 147 Å². The second-order valence-electron chi connectivity index (χ2n) is 17.7. The number of rotatable bonds is 4.